The summed E-state index contributed by atoms with van der Waals surface area (Å²) in [5.74, 6) is 0.0807. The number of ketones is 1. The van der Waals surface area contributed by atoms with Crippen LogP contribution in [0.2, 0.25) is 0 Å². The second-order valence-corrected chi connectivity index (χ2v) is 6.99. The molecular weight excluding hydrogens is 368 g/mol. The lowest BCUT2D eigenvalue weighted by molar-refractivity contribution is 0.100. The van der Waals surface area contributed by atoms with E-state index in [1.54, 1.807) is 24.3 Å². The van der Waals surface area contributed by atoms with E-state index in [1.807, 2.05) is 6.92 Å². The molecule has 0 unspecified atom stereocenters. The first-order chi connectivity index (χ1) is 12.8. The van der Waals surface area contributed by atoms with Gasteiger partial charge < -0.3 is 16.2 Å². The van der Waals surface area contributed by atoms with Crippen LogP contribution in [0.25, 0.3) is 0 Å². The summed E-state index contributed by atoms with van der Waals surface area (Å²) in [6.07, 6.45) is 1.58. The molecule has 27 heavy (non-hydrogen) atoms. The van der Waals surface area contributed by atoms with Crippen molar-refractivity contribution in [1.29, 1.82) is 0 Å². The van der Waals surface area contributed by atoms with E-state index >= 15 is 0 Å². The van der Waals surface area contributed by atoms with E-state index in [1.165, 1.54) is 30.5 Å². The summed E-state index contributed by atoms with van der Waals surface area (Å²) in [4.78, 5) is 16.2. The summed E-state index contributed by atoms with van der Waals surface area (Å²) in [5.41, 5.74) is 11.3. The summed E-state index contributed by atoms with van der Waals surface area (Å²) in [7, 11) is -3.93. The van der Waals surface area contributed by atoms with Gasteiger partial charge in [-0.1, -0.05) is 0 Å². The monoisotopic (exact) mass is 388 g/mol. The summed E-state index contributed by atoms with van der Waals surface area (Å²) in [6.45, 7) is 2.45. The van der Waals surface area contributed by atoms with Crippen LogP contribution in [0.15, 0.2) is 62.8 Å². The van der Waals surface area contributed by atoms with Crippen LogP contribution >= 0.6 is 0 Å². The van der Waals surface area contributed by atoms with Gasteiger partial charge in [0.2, 0.25) is 5.96 Å². The van der Waals surface area contributed by atoms with Crippen LogP contribution < -0.4 is 16.2 Å². The number of aliphatic imine (C=N–C) groups is 1. The lowest BCUT2D eigenvalue weighted by Gasteiger charge is -2.03. The van der Waals surface area contributed by atoms with E-state index in [9.17, 15) is 13.2 Å². The third-order valence-electron chi connectivity index (χ3n) is 3.36. The number of hydrogen-bond donors (Lipinski definition) is 2. The Labute approximate surface area is 157 Å². The Morgan fingerprint density at radius 3 is 2.26 bits per heavy atom. The second-order valence-electron chi connectivity index (χ2n) is 5.38. The Balaban J connectivity index is 2.00. The minimum absolute atomic E-state index is 0.0553. The number of hydrogen-bond acceptors (Lipinski definition) is 5. The highest BCUT2D eigenvalue weighted by Gasteiger charge is 2.12. The average Bonchev–Trinajstić information content (AvgIpc) is 2.62. The summed E-state index contributed by atoms with van der Waals surface area (Å²) < 4.78 is 32.2. The van der Waals surface area contributed by atoms with Gasteiger partial charge in [0.1, 0.15) is 5.75 Å². The molecule has 0 aromatic heterocycles. The van der Waals surface area contributed by atoms with Crippen molar-refractivity contribution in [2.45, 2.75) is 18.2 Å². The molecule has 0 amide bonds. The first-order valence-electron chi connectivity index (χ1n) is 8.06. The maximum absolute atomic E-state index is 12.1. The average molecular weight is 388 g/mol. The Hall–Kier alpha value is -3.20. The molecule has 2 rings (SSSR count). The van der Waals surface area contributed by atoms with Gasteiger partial charge >= 0.3 is 0 Å². The molecule has 2 aromatic rings. The van der Waals surface area contributed by atoms with E-state index in [4.69, 9.17) is 16.2 Å². The number of guanidine groups is 1. The summed E-state index contributed by atoms with van der Waals surface area (Å²) >= 11 is 0. The fourth-order valence-electron chi connectivity index (χ4n) is 2.15. The molecule has 0 atom stereocenters. The van der Waals surface area contributed by atoms with Crippen LogP contribution in [0.4, 0.5) is 5.69 Å². The number of carbonyl (C=O) groups is 1. The SMILES string of the molecule is CCOc1ccc(C(=O)CC=Nc2ccc(S(=O)(=O)N=C(N)N)cc2)cc1. The highest BCUT2D eigenvalue weighted by Crippen LogP contribution is 2.18. The second kappa shape index (κ2) is 8.95. The number of rotatable bonds is 8. The zero-order valence-corrected chi connectivity index (χ0v) is 15.5. The molecule has 0 aliphatic carbocycles. The van der Waals surface area contributed by atoms with E-state index < -0.39 is 16.0 Å². The molecule has 142 valence electrons. The van der Waals surface area contributed by atoms with Gasteiger partial charge in [-0.25, -0.2) is 0 Å². The van der Waals surface area contributed by atoms with Gasteiger partial charge in [0.15, 0.2) is 5.78 Å². The maximum atomic E-state index is 12.1. The molecule has 9 heteroatoms. The quantitative estimate of drug-likeness (QED) is 0.403. The molecule has 0 heterocycles. The van der Waals surface area contributed by atoms with Crippen molar-refractivity contribution in [2.75, 3.05) is 6.61 Å². The molecule has 0 radical (unpaired) electrons. The molecule has 0 spiro atoms. The van der Waals surface area contributed by atoms with Crippen molar-refractivity contribution >= 4 is 33.7 Å². The van der Waals surface area contributed by atoms with Crippen LogP contribution in [-0.2, 0) is 10.0 Å². The third-order valence-corrected chi connectivity index (χ3v) is 4.68. The Kier molecular flexibility index (Phi) is 6.67. The predicted molar refractivity (Wildman–Crippen MR) is 104 cm³/mol. The zero-order valence-electron chi connectivity index (χ0n) is 14.7. The molecular formula is C18H20N4O4S. The number of carbonyl (C=O) groups excluding carboxylic acids is 1. The zero-order chi connectivity index (χ0) is 19.9. The number of nitrogens with zero attached hydrogens (tertiary/aromatic N) is 2. The van der Waals surface area contributed by atoms with E-state index in [0.29, 0.717) is 23.6 Å². The number of ether oxygens (including phenoxy) is 1. The Bertz CT molecular complexity index is 946. The standard InChI is InChI=1S/C18H20N4O4S/c1-2-26-15-7-3-13(4-8-15)17(23)11-12-21-14-5-9-16(10-6-14)27(24,25)22-18(19)20/h3-10,12H,2,11H2,1H3,(H4,19,20,22). The van der Waals surface area contributed by atoms with Crippen LogP contribution in [-0.4, -0.2) is 33.0 Å². The van der Waals surface area contributed by atoms with E-state index in [0.717, 1.165) is 0 Å². The van der Waals surface area contributed by atoms with Crippen LogP contribution in [0.5, 0.6) is 5.75 Å². The summed E-state index contributed by atoms with van der Waals surface area (Å²) in [5, 5.41) is 0. The molecule has 0 bridgehead atoms. The van der Waals surface area contributed by atoms with Gasteiger partial charge in [-0.05, 0) is 55.5 Å². The lowest BCUT2D eigenvalue weighted by Crippen LogP contribution is -2.24. The van der Waals surface area contributed by atoms with Crippen LogP contribution in [0, 0.1) is 0 Å². The molecule has 0 fully saturated rings. The van der Waals surface area contributed by atoms with Crippen molar-refractivity contribution < 1.29 is 17.9 Å². The first kappa shape index (κ1) is 20.1. The van der Waals surface area contributed by atoms with Gasteiger partial charge in [-0.2, -0.15) is 8.42 Å². The molecule has 4 N–H and O–H groups in total. The van der Waals surface area contributed by atoms with Gasteiger partial charge in [0.25, 0.3) is 10.0 Å². The number of sulfonamides is 1. The van der Waals surface area contributed by atoms with Crippen molar-refractivity contribution in [3.05, 3.63) is 54.1 Å². The molecule has 2 aromatic carbocycles. The highest BCUT2D eigenvalue weighted by atomic mass is 32.2. The fourth-order valence-corrected chi connectivity index (χ4v) is 3.01. The van der Waals surface area contributed by atoms with E-state index in [-0.39, 0.29) is 17.1 Å². The minimum atomic E-state index is -3.93. The summed E-state index contributed by atoms with van der Waals surface area (Å²) in [6, 6.07) is 12.5. The van der Waals surface area contributed by atoms with Crippen LogP contribution in [0.1, 0.15) is 23.7 Å². The highest BCUT2D eigenvalue weighted by molar-refractivity contribution is 7.90. The third kappa shape index (κ3) is 5.93. The van der Waals surface area contributed by atoms with E-state index in [2.05, 4.69) is 9.39 Å². The molecule has 0 saturated heterocycles. The Morgan fingerprint density at radius 2 is 1.70 bits per heavy atom. The predicted octanol–water partition coefficient (Wildman–Crippen LogP) is 2.02. The van der Waals surface area contributed by atoms with Crippen molar-refractivity contribution in [2.24, 2.45) is 20.9 Å². The Morgan fingerprint density at radius 1 is 1.07 bits per heavy atom. The van der Waals surface area contributed by atoms with Gasteiger partial charge in [0.05, 0.1) is 17.2 Å². The molecule has 0 aliphatic heterocycles. The first-order valence-corrected chi connectivity index (χ1v) is 9.50. The van der Waals surface area contributed by atoms with Gasteiger partial charge in [0, 0.05) is 18.2 Å². The largest absolute Gasteiger partial charge is 0.494 e. The fraction of sp³-hybridized carbons (Fsp3) is 0.167. The van der Waals surface area contributed by atoms with Crippen molar-refractivity contribution in [1.82, 2.24) is 0 Å². The van der Waals surface area contributed by atoms with Crippen LogP contribution in [0.3, 0.4) is 0 Å². The normalized spacial score (nSPS) is 11.3. The lowest BCUT2D eigenvalue weighted by atomic mass is 10.1. The van der Waals surface area contributed by atoms with Gasteiger partial charge in [-0.15, -0.1) is 4.40 Å². The number of benzene rings is 2. The maximum Gasteiger partial charge on any atom is 0.285 e. The smallest absolute Gasteiger partial charge is 0.285 e. The number of nitrogens with two attached hydrogens (primary N) is 2. The molecule has 0 aliphatic rings. The number of Topliss-reactive ketones (excluding diaryl/α,β-unsaturated/α-hetero) is 1. The topological polar surface area (TPSA) is 137 Å². The minimum Gasteiger partial charge on any atom is -0.494 e. The van der Waals surface area contributed by atoms with Crippen molar-refractivity contribution in [3.8, 4) is 5.75 Å². The van der Waals surface area contributed by atoms with Gasteiger partial charge in [-0.3, -0.25) is 9.79 Å². The van der Waals surface area contributed by atoms with Crippen molar-refractivity contribution in [3.63, 3.8) is 0 Å². The molecule has 0 saturated carbocycles. The molecule has 8 nitrogen and oxygen atoms in total.